The molecule has 19 heavy (non-hydrogen) atoms. The first-order valence-corrected chi connectivity index (χ1v) is 6.57. The third-order valence-corrected chi connectivity index (χ3v) is 3.43. The summed E-state index contributed by atoms with van der Waals surface area (Å²) in [5.41, 5.74) is 2.45. The highest BCUT2D eigenvalue weighted by Gasteiger charge is 2.23. The van der Waals surface area contributed by atoms with E-state index >= 15 is 0 Å². The minimum atomic E-state index is -0.590. The van der Waals surface area contributed by atoms with E-state index in [2.05, 4.69) is 16.7 Å². The maximum Gasteiger partial charge on any atom is 0.237 e. The van der Waals surface area contributed by atoms with Gasteiger partial charge in [-0.1, -0.05) is 24.3 Å². The van der Waals surface area contributed by atoms with Gasteiger partial charge in [0.25, 0.3) is 0 Å². The number of benzene rings is 1. The lowest BCUT2D eigenvalue weighted by atomic mass is 10.0. The number of aliphatic hydroxyl groups is 2. The Hall–Kier alpha value is -1.43. The highest BCUT2D eigenvalue weighted by atomic mass is 16.3. The molecule has 0 bridgehead atoms. The average Bonchev–Trinajstić information content (AvgIpc) is 2.66. The van der Waals surface area contributed by atoms with Crippen molar-refractivity contribution in [1.82, 2.24) is 10.6 Å². The molecular weight excluding hydrogens is 244 g/mol. The Labute approximate surface area is 112 Å². The summed E-state index contributed by atoms with van der Waals surface area (Å²) in [6.07, 6.45) is 1.54. The summed E-state index contributed by atoms with van der Waals surface area (Å²) in [4.78, 5) is 12.1. The molecule has 4 N–H and O–H groups in total. The smallest absolute Gasteiger partial charge is 0.237 e. The van der Waals surface area contributed by atoms with Crippen molar-refractivity contribution >= 4 is 5.91 Å². The molecule has 0 spiro atoms. The number of amides is 1. The van der Waals surface area contributed by atoms with Crippen molar-refractivity contribution in [1.29, 1.82) is 0 Å². The van der Waals surface area contributed by atoms with Crippen molar-refractivity contribution in [2.24, 2.45) is 0 Å². The van der Waals surface area contributed by atoms with Crippen molar-refractivity contribution in [3.8, 4) is 0 Å². The minimum Gasteiger partial charge on any atom is -0.394 e. The number of fused-ring (bicyclic) bond motifs is 1. The largest absolute Gasteiger partial charge is 0.394 e. The molecule has 0 fully saturated rings. The van der Waals surface area contributed by atoms with Crippen LogP contribution < -0.4 is 10.6 Å². The van der Waals surface area contributed by atoms with Crippen LogP contribution in [0.1, 0.15) is 11.1 Å². The van der Waals surface area contributed by atoms with Crippen LogP contribution in [0, 0.1) is 0 Å². The van der Waals surface area contributed by atoms with Gasteiger partial charge in [-0.3, -0.25) is 4.79 Å². The van der Waals surface area contributed by atoms with Crippen molar-refractivity contribution in [3.05, 3.63) is 35.4 Å². The van der Waals surface area contributed by atoms with Gasteiger partial charge in [0.05, 0.1) is 25.3 Å². The second-order valence-electron chi connectivity index (χ2n) is 4.80. The van der Waals surface area contributed by atoms with Gasteiger partial charge >= 0.3 is 0 Å². The molecule has 5 heteroatoms. The quantitative estimate of drug-likeness (QED) is 0.575. The third-order valence-electron chi connectivity index (χ3n) is 3.43. The first-order chi connectivity index (χ1) is 9.24. The van der Waals surface area contributed by atoms with Crippen LogP contribution in [-0.2, 0) is 17.6 Å². The Balaban J connectivity index is 2.03. The Morgan fingerprint density at radius 1 is 1.32 bits per heavy atom. The molecular formula is C14H20N2O3. The molecule has 104 valence electrons. The van der Waals surface area contributed by atoms with Gasteiger partial charge in [0.1, 0.15) is 0 Å². The van der Waals surface area contributed by atoms with Gasteiger partial charge in [0, 0.05) is 0 Å². The summed E-state index contributed by atoms with van der Waals surface area (Å²) in [5, 5.41) is 23.8. The van der Waals surface area contributed by atoms with Gasteiger partial charge < -0.3 is 20.8 Å². The molecule has 0 saturated carbocycles. The van der Waals surface area contributed by atoms with Crippen LogP contribution in [0.4, 0.5) is 0 Å². The summed E-state index contributed by atoms with van der Waals surface area (Å²) >= 11 is 0. The summed E-state index contributed by atoms with van der Waals surface area (Å²) in [6.45, 7) is 0.231. The lowest BCUT2D eigenvalue weighted by Crippen LogP contribution is -2.50. The number of carbonyl (C=O) groups excluding carboxylic acids is 1. The molecule has 1 aliphatic heterocycles. The summed E-state index contributed by atoms with van der Waals surface area (Å²) < 4.78 is 0. The Bertz CT molecular complexity index is 432. The van der Waals surface area contributed by atoms with Gasteiger partial charge in [-0.05, 0) is 30.5 Å². The number of hydrogen-bond donors (Lipinski definition) is 4. The molecule has 0 radical (unpaired) electrons. The normalized spacial score (nSPS) is 18.8. The number of nitrogens with one attached hydrogen (secondary N) is 2. The number of hydrogen-bond acceptors (Lipinski definition) is 4. The minimum absolute atomic E-state index is 0.176. The molecule has 1 aromatic carbocycles. The second kappa shape index (κ2) is 6.65. The molecule has 1 atom stereocenters. The van der Waals surface area contributed by atoms with Crippen molar-refractivity contribution in [2.45, 2.75) is 24.9 Å². The predicted octanol–water partition coefficient (Wildman–Crippen LogP) is -0.787. The fourth-order valence-electron chi connectivity index (χ4n) is 2.31. The standard InChI is InChI=1S/C14H20N2O3/c17-8-12(9-18)16-14(19)13-7-11-4-2-1-3-10(11)5-6-15-13/h1-4,12-13,15,17-18H,5-9H2,(H,16,19). The second-order valence-corrected chi connectivity index (χ2v) is 4.80. The van der Waals surface area contributed by atoms with E-state index in [0.29, 0.717) is 6.42 Å². The number of aliphatic hydroxyl groups excluding tert-OH is 2. The van der Waals surface area contributed by atoms with Crippen LogP contribution in [0.3, 0.4) is 0 Å². The summed E-state index contributed by atoms with van der Waals surface area (Å²) in [5.74, 6) is -0.176. The number of carbonyl (C=O) groups is 1. The average molecular weight is 264 g/mol. The Kier molecular flexibility index (Phi) is 4.90. The van der Waals surface area contributed by atoms with Crippen molar-refractivity contribution in [3.63, 3.8) is 0 Å². The molecule has 1 amide bonds. The monoisotopic (exact) mass is 264 g/mol. The van der Waals surface area contributed by atoms with E-state index < -0.39 is 6.04 Å². The van der Waals surface area contributed by atoms with Crippen LogP contribution in [-0.4, -0.2) is 48.0 Å². The fourth-order valence-corrected chi connectivity index (χ4v) is 2.31. The zero-order valence-corrected chi connectivity index (χ0v) is 10.8. The molecule has 0 aromatic heterocycles. The summed E-state index contributed by atoms with van der Waals surface area (Å²) in [7, 11) is 0. The molecule has 1 heterocycles. The highest BCUT2D eigenvalue weighted by Crippen LogP contribution is 2.15. The zero-order chi connectivity index (χ0) is 13.7. The lowest BCUT2D eigenvalue weighted by Gasteiger charge is -2.20. The maximum atomic E-state index is 12.1. The Morgan fingerprint density at radius 3 is 2.68 bits per heavy atom. The maximum absolute atomic E-state index is 12.1. The van der Waals surface area contributed by atoms with E-state index in [-0.39, 0.29) is 25.2 Å². The summed E-state index contributed by atoms with van der Waals surface area (Å²) in [6, 6.07) is 7.20. The van der Waals surface area contributed by atoms with Crippen LogP contribution in [0.15, 0.2) is 24.3 Å². The lowest BCUT2D eigenvalue weighted by molar-refractivity contribution is -0.124. The van der Waals surface area contributed by atoms with Gasteiger partial charge in [-0.25, -0.2) is 0 Å². The number of rotatable bonds is 4. The van der Waals surface area contributed by atoms with Crippen molar-refractivity contribution < 1.29 is 15.0 Å². The van der Waals surface area contributed by atoms with Crippen LogP contribution >= 0.6 is 0 Å². The van der Waals surface area contributed by atoms with Crippen LogP contribution in [0.25, 0.3) is 0 Å². The third kappa shape index (κ3) is 3.53. The molecule has 2 rings (SSSR count). The van der Waals surface area contributed by atoms with E-state index in [0.717, 1.165) is 13.0 Å². The van der Waals surface area contributed by atoms with E-state index in [9.17, 15) is 4.79 Å². The highest BCUT2D eigenvalue weighted by molar-refractivity contribution is 5.82. The van der Waals surface area contributed by atoms with E-state index in [1.807, 2.05) is 18.2 Å². The van der Waals surface area contributed by atoms with Gasteiger partial charge in [0.15, 0.2) is 0 Å². The molecule has 5 nitrogen and oxygen atoms in total. The predicted molar refractivity (Wildman–Crippen MR) is 71.7 cm³/mol. The van der Waals surface area contributed by atoms with Crippen LogP contribution in [0.5, 0.6) is 0 Å². The van der Waals surface area contributed by atoms with E-state index in [1.54, 1.807) is 0 Å². The van der Waals surface area contributed by atoms with E-state index in [4.69, 9.17) is 10.2 Å². The topological polar surface area (TPSA) is 81.6 Å². The van der Waals surface area contributed by atoms with Crippen molar-refractivity contribution in [2.75, 3.05) is 19.8 Å². The van der Waals surface area contributed by atoms with Gasteiger partial charge in [-0.2, -0.15) is 0 Å². The SMILES string of the molecule is O=C(NC(CO)CO)C1Cc2ccccc2CCN1. The van der Waals surface area contributed by atoms with E-state index in [1.165, 1.54) is 11.1 Å². The molecule has 0 aliphatic carbocycles. The molecule has 1 aromatic rings. The molecule has 1 unspecified atom stereocenters. The fraction of sp³-hybridized carbons (Fsp3) is 0.500. The molecule has 0 saturated heterocycles. The molecule has 1 aliphatic rings. The van der Waals surface area contributed by atoms with Gasteiger partial charge in [0.2, 0.25) is 5.91 Å². The first kappa shape index (κ1) is 14.0. The first-order valence-electron chi connectivity index (χ1n) is 6.57. The Morgan fingerprint density at radius 2 is 2.00 bits per heavy atom. The van der Waals surface area contributed by atoms with Gasteiger partial charge in [-0.15, -0.1) is 0 Å². The zero-order valence-electron chi connectivity index (χ0n) is 10.8. The van der Waals surface area contributed by atoms with Crippen LogP contribution in [0.2, 0.25) is 0 Å².